The van der Waals surface area contributed by atoms with Crippen molar-refractivity contribution < 1.29 is 17.9 Å². The van der Waals surface area contributed by atoms with E-state index in [0.29, 0.717) is 22.3 Å². The van der Waals surface area contributed by atoms with E-state index in [-0.39, 0.29) is 6.10 Å². The molecule has 0 aliphatic carbocycles. The zero-order valence-corrected chi connectivity index (χ0v) is 15.6. The van der Waals surface area contributed by atoms with Crippen molar-refractivity contribution in [2.45, 2.75) is 30.1 Å². The minimum atomic E-state index is -4.34. The summed E-state index contributed by atoms with van der Waals surface area (Å²) in [7, 11) is 1.81. The van der Waals surface area contributed by atoms with E-state index >= 15 is 0 Å². The maximum atomic E-state index is 12.8. The summed E-state index contributed by atoms with van der Waals surface area (Å²) in [5, 5.41) is 8.92. The Morgan fingerprint density at radius 2 is 1.81 bits per heavy atom. The molecule has 1 heterocycles. The van der Waals surface area contributed by atoms with E-state index in [1.807, 2.05) is 44.3 Å². The van der Waals surface area contributed by atoms with Crippen molar-refractivity contribution in [2.75, 3.05) is 0 Å². The molecule has 1 atom stereocenters. The van der Waals surface area contributed by atoms with Crippen molar-refractivity contribution in [1.82, 2.24) is 14.8 Å². The van der Waals surface area contributed by atoms with Crippen LogP contribution in [0.2, 0.25) is 0 Å². The predicted molar refractivity (Wildman–Crippen MR) is 97.5 cm³/mol. The lowest BCUT2D eigenvalue weighted by Gasteiger charge is -2.14. The molecule has 27 heavy (non-hydrogen) atoms. The summed E-state index contributed by atoms with van der Waals surface area (Å²) >= 11 is 1.33. The number of alkyl halides is 3. The molecule has 0 radical (unpaired) electrons. The highest BCUT2D eigenvalue weighted by molar-refractivity contribution is 7.98. The molecular formula is C19H18F3N3OS. The zero-order chi connectivity index (χ0) is 19.4. The Labute approximate surface area is 159 Å². The van der Waals surface area contributed by atoms with Crippen molar-refractivity contribution in [3.8, 4) is 5.75 Å². The van der Waals surface area contributed by atoms with Gasteiger partial charge in [0.1, 0.15) is 5.75 Å². The first-order valence-corrected chi connectivity index (χ1v) is 9.23. The lowest BCUT2D eigenvalue weighted by atomic mass is 10.1. The maximum absolute atomic E-state index is 12.8. The van der Waals surface area contributed by atoms with Gasteiger partial charge in [0.2, 0.25) is 0 Å². The summed E-state index contributed by atoms with van der Waals surface area (Å²) in [5.41, 5.74) is -0.0721. The highest BCUT2D eigenvalue weighted by Gasteiger charge is 2.30. The van der Waals surface area contributed by atoms with Crippen molar-refractivity contribution >= 4 is 11.8 Å². The molecule has 0 saturated carbocycles. The lowest BCUT2D eigenvalue weighted by Crippen LogP contribution is -2.10. The third-order valence-electron chi connectivity index (χ3n) is 3.91. The first-order chi connectivity index (χ1) is 12.8. The first kappa shape index (κ1) is 19.3. The van der Waals surface area contributed by atoms with Crippen LogP contribution in [0.15, 0.2) is 59.8 Å². The molecule has 1 unspecified atom stereocenters. The molecular weight excluding hydrogens is 375 g/mol. The monoisotopic (exact) mass is 393 g/mol. The molecule has 0 spiro atoms. The van der Waals surface area contributed by atoms with E-state index in [2.05, 4.69) is 10.2 Å². The Bertz CT molecular complexity index is 897. The molecule has 8 heteroatoms. The minimum absolute atomic E-state index is 0.312. The summed E-state index contributed by atoms with van der Waals surface area (Å²) < 4.78 is 46.1. The van der Waals surface area contributed by atoms with Crippen molar-refractivity contribution in [3.05, 3.63) is 71.5 Å². The van der Waals surface area contributed by atoms with E-state index in [1.54, 1.807) is 10.6 Å². The van der Waals surface area contributed by atoms with Gasteiger partial charge < -0.3 is 9.30 Å². The standard InChI is InChI=1S/C19H18F3N3OS/c1-13(26-16-9-4-3-5-10-16)17-23-24-18(25(17)2)27-12-14-7-6-8-15(11-14)19(20,21)22/h3-11,13H,12H2,1-2H3. The molecule has 2 aromatic carbocycles. The van der Waals surface area contributed by atoms with Crippen LogP contribution in [0.25, 0.3) is 0 Å². The maximum Gasteiger partial charge on any atom is 0.416 e. The van der Waals surface area contributed by atoms with Gasteiger partial charge in [-0.25, -0.2) is 0 Å². The van der Waals surface area contributed by atoms with Crippen LogP contribution in [-0.2, 0) is 19.0 Å². The highest BCUT2D eigenvalue weighted by atomic mass is 32.2. The number of hydrogen-bond donors (Lipinski definition) is 0. The van der Waals surface area contributed by atoms with Gasteiger partial charge in [-0.3, -0.25) is 0 Å². The summed E-state index contributed by atoms with van der Waals surface area (Å²) in [4.78, 5) is 0. The molecule has 3 rings (SSSR count). The van der Waals surface area contributed by atoms with Crippen LogP contribution in [0.3, 0.4) is 0 Å². The lowest BCUT2D eigenvalue weighted by molar-refractivity contribution is -0.137. The molecule has 3 aromatic rings. The molecule has 0 bridgehead atoms. The molecule has 0 amide bonds. The van der Waals surface area contributed by atoms with Crippen LogP contribution in [0.5, 0.6) is 5.75 Å². The van der Waals surface area contributed by atoms with Crippen LogP contribution in [0.1, 0.15) is 30.0 Å². The van der Waals surface area contributed by atoms with Gasteiger partial charge in [0.15, 0.2) is 17.1 Å². The fourth-order valence-corrected chi connectivity index (χ4v) is 3.41. The number of benzene rings is 2. The van der Waals surface area contributed by atoms with Crippen molar-refractivity contribution in [3.63, 3.8) is 0 Å². The van der Waals surface area contributed by atoms with Gasteiger partial charge in [-0.15, -0.1) is 10.2 Å². The van der Waals surface area contributed by atoms with Gasteiger partial charge in [0, 0.05) is 12.8 Å². The molecule has 0 N–H and O–H groups in total. The Morgan fingerprint density at radius 1 is 1.07 bits per heavy atom. The molecule has 0 aliphatic rings. The number of hydrogen-bond acceptors (Lipinski definition) is 4. The Kier molecular flexibility index (Phi) is 5.74. The quantitative estimate of drug-likeness (QED) is 0.535. The topological polar surface area (TPSA) is 39.9 Å². The zero-order valence-electron chi connectivity index (χ0n) is 14.8. The highest BCUT2D eigenvalue weighted by Crippen LogP contribution is 2.31. The Balaban J connectivity index is 1.67. The van der Waals surface area contributed by atoms with Gasteiger partial charge in [0.05, 0.1) is 5.56 Å². The second kappa shape index (κ2) is 8.04. The second-order valence-electron chi connectivity index (χ2n) is 5.96. The van der Waals surface area contributed by atoms with E-state index in [9.17, 15) is 13.2 Å². The largest absolute Gasteiger partial charge is 0.483 e. The Morgan fingerprint density at radius 3 is 2.52 bits per heavy atom. The smallest absolute Gasteiger partial charge is 0.416 e. The van der Waals surface area contributed by atoms with E-state index in [4.69, 9.17) is 4.74 Å². The van der Waals surface area contributed by atoms with Gasteiger partial charge in [-0.05, 0) is 30.7 Å². The predicted octanol–water partition coefficient (Wildman–Crippen LogP) is 5.27. The molecule has 4 nitrogen and oxygen atoms in total. The first-order valence-electron chi connectivity index (χ1n) is 8.24. The van der Waals surface area contributed by atoms with Gasteiger partial charge >= 0.3 is 6.18 Å². The molecule has 0 fully saturated rings. The van der Waals surface area contributed by atoms with Crippen LogP contribution in [0.4, 0.5) is 13.2 Å². The number of aromatic nitrogens is 3. The average molecular weight is 393 g/mol. The fourth-order valence-electron chi connectivity index (χ4n) is 2.55. The molecule has 0 saturated heterocycles. The van der Waals surface area contributed by atoms with E-state index in [1.165, 1.54) is 17.8 Å². The number of nitrogens with zero attached hydrogens (tertiary/aromatic N) is 3. The number of ether oxygens (including phenoxy) is 1. The van der Waals surface area contributed by atoms with E-state index < -0.39 is 11.7 Å². The summed E-state index contributed by atoms with van der Waals surface area (Å²) in [6.07, 6.45) is -4.66. The van der Waals surface area contributed by atoms with Crippen LogP contribution < -0.4 is 4.74 Å². The van der Waals surface area contributed by atoms with Gasteiger partial charge in [-0.2, -0.15) is 13.2 Å². The molecule has 142 valence electrons. The molecule has 0 aliphatic heterocycles. The van der Waals surface area contributed by atoms with Crippen molar-refractivity contribution in [2.24, 2.45) is 7.05 Å². The summed E-state index contributed by atoms with van der Waals surface area (Å²) in [6, 6.07) is 14.7. The Hall–Kier alpha value is -2.48. The van der Waals surface area contributed by atoms with Crippen molar-refractivity contribution in [1.29, 1.82) is 0 Å². The number of para-hydroxylation sites is 1. The van der Waals surface area contributed by atoms with Gasteiger partial charge in [0.25, 0.3) is 0 Å². The van der Waals surface area contributed by atoms with Crippen LogP contribution in [-0.4, -0.2) is 14.8 Å². The summed E-state index contributed by atoms with van der Waals surface area (Å²) in [5.74, 6) is 1.74. The number of thioether (sulfide) groups is 1. The SMILES string of the molecule is CC(Oc1ccccc1)c1nnc(SCc2cccc(C(F)(F)F)c2)n1C. The third kappa shape index (κ3) is 4.82. The van der Waals surface area contributed by atoms with Crippen LogP contribution in [0, 0.1) is 0 Å². The minimum Gasteiger partial charge on any atom is -0.483 e. The summed E-state index contributed by atoms with van der Waals surface area (Å²) in [6.45, 7) is 1.87. The van der Waals surface area contributed by atoms with Crippen LogP contribution >= 0.6 is 11.8 Å². The second-order valence-corrected chi connectivity index (χ2v) is 6.90. The fraction of sp³-hybridized carbons (Fsp3) is 0.263. The normalized spacial score (nSPS) is 12.8. The van der Waals surface area contributed by atoms with Gasteiger partial charge in [-0.1, -0.05) is 48.2 Å². The molecule has 1 aromatic heterocycles. The average Bonchev–Trinajstić information content (AvgIpc) is 3.01. The third-order valence-corrected chi connectivity index (χ3v) is 5.00. The van der Waals surface area contributed by atoms with E-state index in [0.717, 1.165) is 17.9 Å². The number of rotatable bonds is 6. The number of halogens is 3.